The molecule has 7 heteroatoms. The summed E-state index contributed by atoms with van der Waals surface area (Å²) in [6.45, 7) is 5.45. The lowest BCUT2D eigenvalue weighted by atomic mass is 9.98. The Balaban J connectivity index is 2.05. The molecule has 0 amide bonds. The van der Waals surface area contributed by atoms with Gasteiger partial charge >= 0.3 is 0 Å². The topological polar surface area (TPSA) is 59.0 Å². The zero-order valence-electron chi connectivity index (χ0n) is 15.7. The molecular weight excluding hydrogens is 380 g/mol. The first-order valence-electron chi connectivity index (χ1n) is 8.94. The van der Waals surface area contributed by atoms with Crippen molar-refractivity contribution >= 4 is 27.6 Å². The number of ether oxygens (including phenoxy) is 1. The first-order valence-corrected chi connectivity index (χ1v) is 11.3. The van der Waals surface area contributed by atoms with Gasteiger partial charge in [-0.15, -0.1) is 16.2 Å². The normalized spacial score (nSPS) is 20.9. The van der Waals surface area contributed by atoms with Gasteiger partial charge in [0.05, 0.1) is 13.0 Å². The average molecular weight is 405 g/mol. The van der Waals surface area contributed by atoms with E-state index in [9.17, 15) is 8.42 Å². The zero-order valence-corrected chi connectivity index (χ0v) is 17.3. The summed E-state index contributed by atoms with van der Waals surface area (Å²) in [5.41, 5.74) is 0.927. The predicted octanol–water partition coefficient (Wildman–Crippen LogP) is 3.98. The third-order valence-corrected chi connectivity index (χ3v) is 7.99. The van der Waals surface area contributed by atoms with E-state index in [2.05, 4.69) is 4.40 Å². The Hall–Kier alpha value is -1.99. The molecule has 1 aliphatic rings. The lowest BCUT2D eigenvalue weighted by molar-refractivity contribution is 0.414. The van der Waals surface area contributed by atoms with Gasteiger partial charge in [0.1, 0.15) is 16.2 Å². The van der Waals surface area contributed by atoms with Crippen molar-refractivity contribution in [3.63, 3.8) is 0 Å². The highest BCUT2D eigenvalue weighted by Gasteiger charge is 2.46. The van der Waals surface area contributed by atoms with Crippen molar-refractivity contribution in [2.45, 2.75) is 29.2 Å². The molecule has 2 aromatic carbocycles. The summed E-state index contributed by atoms with van der Waals surface area (Å²) < 4.78 is 34.7. The summed E-state index contributed by atoms with van der Waals surface area (Å²) in [4.78, 5) is 2.94. The quantitative estimate of drug-likeness (QED) is 0.729. The number of hydrogen-bond donors (Lipinski definition) is 0. The third kappa shape index (κ3) is 4.14. The summed E-state index contributed by atoms with van der Waals surface area (Å²) in [7, 11) is -2.02. The van der Waals surface area contributed by atoms with E-state index in [1.165, 1.54) is 11.8 Å². The second-order valence-corrected chi connectivity index (χ2v) is 9.42. The van der Waals surface area contributed by atoms with Crippen LogP contribution >= 0.6 is 11.8 Å². The molecule has 0 saturated heterocycles. The molecule has 0 unspecified atom stereocenters. The minimum Gasteiger partial charge on any atom is -0.497 e. The van der Waals surface area contributed by atoms with Crippen LogP contribution in [0.25, 0.3) is 0 Å². The fraction of sp³-hybridized carbons (Fsp3) is 0.350. The van der Waals surface area contributed by atoms with Crippen LogP contribution in [0.15, 0.2) is 63.9 Å². The van der Waals surface area contributed by atoms with Gasteiger partial charge in [-0.1, -0.05) is 30.3 Å². The lowest BCUT2D eigenvalue weighted by Gasteiger charge is -2.27. The van der Waals surface area contributed by atoms with E-state index in [0.717, 1.165) is 16.2 Å². The number of rotatable bonds is 6. The Labute approximate surface area is 165 Å². The van der Waals surface area contributed by atoms with Gasteiger partial charge in [0.25, 0.3) is 10.0 Å². The Bertz CT molecular complexity index is 893. The summed E-state index contributed by atoms with van der Waals surface area (Å²) >= 11 is 1.35. The van der Waals surface area contributed by atoms with Crippen LogP contribution in [0.5, 0.6) is 5.75 Å². The van der Waals surface area contributed by atoms with Gasteiger partial charge in [-0.25, -0.2) is 8.42 Å². The van der Waals surface area contributed by atoms with Gasteiger partial charge in [0.15, 0.2) is 0 Å². The van der Waals surface area contributed by atoms with E-state index in [-0.39, 0.29) is 5.92 Å². The van der Waals surface area contributed by atoms with Crippen molar-refractivity contribution < 1.29 is 13.2 Å². The monoisotopic (exact) mass is 404 g/mol. The molecule has 0 spiro atoms. The summed E-state index contributed by atoms with van der Waals surface area (Å²) in [6.07, 6.45) is 0. The molecule has 0 radical (unpaired) electrons. The van der Waals surface area contributed by atoms with Gasteiger partial charge in [0, 0.05) is 18.0 Å². The Kier molecular flexibility index (Phi) is 6.11. The molecule has 2 atom stereocenters. The molecule has 0 saturated carbocycles. The molecule has 0 aromatic heterocycles. The molecule has 0 fully saturated rings. The lowest BCUT2D eigenvalue weighted by Crippen LogP contribution is -2.35. The van der Waals surface area contributed by atoms with E-state index in [1.807, 2.05) is 73.3 Å². The van der Waals surface area contributed by atoms with Gasteiger partial charge in [-0.3, -0.25) is 0 Å². The molecule has 1 heterocycles. The fourth-order valence-corrected chi connectivity index (χ4v) is 6.38. The van der Waals surface area contributed by atoms with Crippen LogP contribution in [-0.4, -0.2) is 43.9 Å². The number of methoxy groups -OCH3 is 1. The molecule has 0 aliphatic carbocycles. The number of sulfonamides is 1. The van der Waals surface area contributed by atoms with Crippen molar-refractivity contribution in [1.82, 2.24) is 4.90 Å². The van der Waals surface area contributed by atoms with Crippen LogP contribution in [0, 0.1) is 0 Å². The van der Waals surface area contributed by atoms with Gasteiger partial charge in [-0.2, -0.15) is 0 Å². The van der Waals surface area contributed by atoms with E-state index < -0.39 is 14.6 Å². The van der Waals surface area contributed by atoms with Crippen molar-refractivity contribution in [1.29, 1.82) is 0 Å². The molecule has 1 aliphatic heterocycles. The average Bonchev–Trinajstić information content (AvgIpc) is 2.94. The van der Waals surface area contributed by atoms with Crippen molar-refractivity contribution in [3.05, 3.63) is 60.2 Å². The second-order valence-electron chi connectivity index (χ2n) is 6.19. The standard InChI is InChI=1S/C20H24N2O3S2/c1-4-22(5-2)19-18(15-11-13-16(25-3)14-12-15)20(27(23,24)21-19)26-17-9-7-6-8-10-17/h6-14,18,20H,4-5H2,1-3H3/t18-,20-/m0/s1. The van der Waals surface area contributed by atoms with E-state index in [0.29, 0.717) is 18.9 Å². The highest BCUT2D eigenvalue weighted by Crippen LogP contribution is 2.44. The largest absolute Gasteiger partial charge is 0.497 e. The van der Waals surface area contributed by atoms with E-state index >= 15 is 0 Å². The molecule has 144 valence electrons. The van der Waals surface area contributed by atoms with Crippen molar-refractivity contribution in [2.75, 3.05) is 20.2 Å². The summed E-state index contributed by atoms with van der Waals surface area (Å²) in [6, 6.07) is 17.2. The number of nitrogens with zero attached hydrogens (tertiary/aromatic N) is 2. The number of hydrogen-bond acceptors (Lipinski definition) is 5. The number of thioether (sulfide) groups is 1. The van der Waals surface area contributed by atoms with E-state index in [4.69, 9.17) is 4.74 Å². The molecule has 3 rings (SSSR count). The summed E-state index contributed by atoms with van der Waals surface area (Å²) in [5.74, 6) is 1.04. The van der Waals surface area contributed by atoms with Crippen LogP contribution in [0.4, 0.5) is 0 Å². The smallest absolute Gasteiger partial charge is 0.268 e. The van der Waals surface area contributed by atoms with Gasteiger partial charge in [-0.05, 0) is 43.7 Å². The van der Waals surface area contributed by atoms with Crippen LogP contribution in [0.3, 0.4) is 0 Å². The van der Waals surface area contributed by atoms with Crippen molar-refractivity contribution in [3.8, 4) is 5.75 Å². The van der Waals surface area contributed by atoms with Crippen LogP contribution in [-0.2, 0) is 10.0 Å². The van der Waals surface area contributed by atoms with Gasteiger partial charge < -0.3 is 9.64 Å². The van der Waals surface area contributed by atoms with Gasteiger partial charge in [0.2, 0.25) is 0 Å². The SMILES string of the molecule is CCN(CC)C1=NS(=O)(=O)[C@H](Sc2ccccc2)[C@H]1c1ccc(OC)cc1. The minimum absolute atomic E-state index is 0.328. The highest BCUT2D eigenvalue weighted by atomic mass is 32.3. The van der Waals surface area contributed by atoms with E-state index in [1.54, 1.807) is 7.11 Å². The zero-order chi connectivity index (χ0) is 19.4. The molecule has 5 nitrogen and oxygen atoms in total. The maximum atomic E-state index is 13.0. The first kappa shape index (κ1) is 19.8. The number of benzene rings is 2. The molecule has 27 heavy (non-hydrogen) atoms. The Morgan fingerprint density at radius 2 is 1.67 bits per heavy atom. The summed E-state index contributed by atoms with van der Waals surface area (Å²) in [5, 5.41) is 0. The maximum absolute atomic E-state index is 13.0. The third-order valence-electron chi connectivity index (χ3n) is 4.62. The molecular formula is C20H24N2O3S2. The Morgan fingerprint density at radius 1 is 1.04 bits per heavy atom. The van der Waals surface area contributed by atoms with Crippen LogP contribution in [0.1, 0.15) is 25.3 Å². The number of amidine groups is 1. The number of likely N-dealkylation sites (N-methyl/N-ethyl adjacent to an activating group) is 1. The predicted molar refractivity (Wildman–Crippen MR) is 111 cm³/mol. The highest BCUT2D eigenvalue weighted by molar-refractivity contribution is 8.13. The van der Waals surface area contributed by atoms with Crippen molar-refractivity contribution in [2.24, 2.45) is 4.40 Å². The molecule has 0 N–H and O–H groups in total. The molecule has 2 aromatic rings. The second kappa shape index (κ2) is 8.35. The van der Waals surface area contributed by atoms with Crippen LogP contribution in [0.2, 0.25) is 0 Å². The molecule has 0 bridgehead atoms. The minimum atomic E-state index is -3.63. The Morgan fingerprint density at radius 3 is 2.22 bits per heavy atom. The van der Waals surface area contributed by atoms with Crippen LogP contribution < -0.4 is 4.74 Å². The first-order chi connectivity index (χ1) is 13.0. The maximum Gasteiger partial charge on any atom is 0.268 e. The fourth-order valence-electron chi connectivity index (χ4n) is 3.21.